The molecule has 3 saturated heterocycles. The predicted molar refractivity (Wildman–Crippen MR) is 284 cm³/mol. The average molecular weight is 1120 g/mol. The molecule has 20 atom stereocenters. The van der Waals surface area contributed by atoms with Crippen LogP contribution in [0, 0.1) is 35.5 Å². The number of aliphatic hydroxyl groups is 6. The first kappa shape index (κ1) is 65.5. The van der Waals surface area contributed by atoms with Gasteiger partial charge in [-0.1, -0.05) is 71.1 Å². The van der Waals surface area contributed by atoms with Gasteiger partial charge in [-0.2, -0.15) is 0 Å². The summed E-state index contributed by atoms with van der Waals surface area (Å²) in [5.74, 6) is -9.07. The first-order chi connectivity index (χ1) is 37.4. The van der Waals surface area contributed by atoms with Gasteiger partial charge in [0, 0.05) is 58.5 Å². The van der Waals surface area contributed by atoms with E-state index in [0.29, 0.717) is 56.9 Å². The van der Waals surface area contributed by atoms with Crippen LogP contribution in [0.15, 0.2) is 47.6 Å². The number of ketones is 3. The number of methoxy groups -OCH3 is 3. The van der Waals surface area contributed by atoms with E-state index in [-0.39, 0.29) is 55.6 Å². The maximum absolute atomic E-state index is 14.6. The standard InChI is InChI=1S/C58H89NO20/c1-31-16-12-11-13-17-32(2)43(72-8)28-39-21-19-37(7)58(71,79-39)53(67)54(68)59-23-15-14-18-40(59)55(69)75-44(29-41(61)33(3)25-36(6)48(63)52(74-10)47(62)35(5)24-31)34(4)26-38-20-22-42(45(27-38)73-9)77-57(70)78-56-51(66)50(65)49(64)46(30-60)76-56/h11-13,16-17,25,31,33-35,37-40,42-46,48-52,56,60,63-66,71H,14-15,18-24,26-30H2,1-10H3/b13-11+,16-12+,32-17+,36-25+/t31-,33-,34-,35+,37-,38-,39+,40?,42-,43+,44+,45-,46-,48-,49-,50+,51-,52+,56+,58-/m1/s1. The van der Waals surface area contributed by atoms with Gasteiger partial charge in [0.05, 0.1) is 24.9 Å². The van der Waals surface area contributed by atoms with Crippen molar-refractivity contribution in [2.24, 2.45) is 35.5 Å². The van der Waals surface area contributed by atoms with E-state index >= 15 is 0 Å². The van der Waals surface area contributed by atoms with Crippen molar-refractivity contribution in [3.05, 3.63) is 47.6 Å². The number of rotatable bonds is 9. The van der Waals surface area contributed by atoms with E-state index in [0.717, 1.165) is 10.5 Å². The lowest BCUT2D eigenvalue weighted by molar-refractivity contribution is -0.290. The molecule has 6 N–H and O–H groups in total. The van der Waals surface area contributed by atoms with Crippen LogP contribution in [-0.2, 0) is 61.9 Å². The number of ether oxygens (including phenoxy) is 8. The van der Waals surface area contributed by atoms with Crippen LogP contribution in [0.25, 0.3) is 0 Å². The highest BCUT2D eigenvalue weighted by Crippen LogP contribution is 2.38. The summed E-state index contributed by atoms with van der Waals surface area (Å²) < 4.78 is 45.7. The number of carbonyl (C=O) groups is 6. The molecule has 1 saturated carbocycles. The number of hydrogen-bond donors (Lipinski definition) is 6. The van der Waals surface area contributed by atoms with Crippen LogP contribution in [0.3, 0.4) is 0 Å². The summed E-state index contributed by atoms with van der Waals surface area (Å²) in [5.41, 5.74) is 1.17. The third-order valence-corrected chi connectivity index (χ3v) is 16.8. The zero-order chi connectivity index (χ0) is 58.5. The lowest BCUT2D eigenvalue weighted by atomic mass is 9.78. The minimum Gasteiger partial charge on any atom is -0.460 e. The Labute approximate surface area is 464 Å². The highest BCUT2D eigenvalue weighted by molar-refractivity contribution is 6.39. The molecule has 446 valence electrons. The van der Waals surface area contributed by atoms with Crippen LogP contribution in [-0.4, -0.2) is 191 Å². The molecule has 1 amide bonds. The van der Waals surface area contributed by atoms with E-state index in [1.165, 1.54) is 14.2 Å². The molecular formula is C58H89NO20. The number of Topliss-reactive ketones (excluding diaryl/α,β-unsaturated/α-hetero) is 3. The van der Waals surface area contributed by atoms with Gasteiger partial charge in [-0.3, -0.25) is 19.2 Å². The number of allylic oxidation sites excluding steroid dienone is 6. The third-order valence-electron chi connectivity index (χ3n) is 16.8. The zero-order valence-corrected chi connectivity index (χ0v) is 47.7. The molecule has 4 heterocycles. The maximum atomic E-state index is 14.6. The number of nitrogens with zero attached hydrogens (tertiary/aromatic N) is 1. The van der Waals surface area contributed by atoms with Crippen molar-refractivity contribution < 1.29 is 97.3 Å². The van der Waals surface area contributed by atoms with Crippen molar-refractivity contribution in [2.45, 2.75) is 211 Å². The summed E-state index contributed by atoms with van der Waals surface area (Å²) in [7, 11) is 4.33. The molecule has 0 aromatic rings. The van der Waals surface area contributed by atoms with Gasteiger partial charge in [-0.25, -0.2) is 9.59 Å². The van der Waals surface area contributed by atoms with Crippen LogP contribution in [0.4, 0.5) is 4.79 Å². The van der Waals surface area contributed by atoms with Gasteiger partial charge in [-0.05, 0) is 107 Å². The Kier molecular flexibility index (Phi) is 25.0. The first-order valence-electron chi connectivity index (χ1n) is 28.1. The van der Waals surface area contributed by atoms with Crippen LogP contribution >= 0.6 is 0 Å². The van der Waals surface area contributed by atoms with E-state index in [1.807, 2.05) is 51.2 Å². The number of esters is 1. The van der Waals surface area contributed by atoms with E-state index < -0.39 is 139 Å². The molecule has 0 aromatic heterocycles. The van der Waals surface area contributed by atoms with Crippen molar-refractivity contribution in [2.75, 3.05) is 34.5 Å². The monoisotopic (exact) mass is 1120 g/mol. The smallest absolute Gasteiger partial charge is 0.460 e. The summed E-state index contributed by atoms with van der Waals surface area (Å²) in [6.45, 7) is 11.6. The van der Waals surface area contributed by atoms with E-state index in [9.17, 15) is 59.4 Å². The molecule has 79 heavy (non-hydrogen) atoms. The molecule has 0 radical (unpaired) electrons. The second kappa shape index (κ2) is 30.2. The van der Waals surface area contributed by atoms with Crippen molar-refractivity contribution in [3.8, 4) is 0 Å². The fraction of sp³-hybridized carbons (Fsp3) is 0.759. The number of hydrogen-bond acceptors (Lipinski definition) is 20. The minimum atomic E-state index is -2.50. The Hall–Kier alpha value is -4.26. The average Bonchev–Trinajstić information content (AvgIpc) is 3.42. The summed E-state index contributed by atoms with van der Waals surface area (Å²) in [6, 6.07) is -1.24. The molecule has 5 rings (SSSR count). The Bertz CT molecular complexity index is 2190. The molecule has 0 aromatic carbocycles. The van der Waals surface area contributed by atoms with Crippen molar-refractivity contribution in [1.82, 2.24) is 4.90 Å². The van der Waals surface area contributed by atoms with Gasteiger partial charge < -0.3 is 73.4 Å². The van der Waals surface area contributed by atoms with Crippen LogP contribution in [0.1, 0.15) is 126 Å². The molecule has 4 fully saturated rings. The summed E-state index contributed by atoms with van der Waals surface area (Å²) in [5, 5.41) is 63.8. The van der Waals surface area contributed by atoms with E-state index in [4.69, 9.17) is 37.9 Å². The molecule has 2 bridgehead atoms. The topological polar surface area (TPSA) is 301 Å². The third kappa shape index (κ3) is 16.9. The van der Waals surface area contributed by atoms with Crippen molar-refractivity contribution in [3.63, 3.8) is 0 Å². The number of cyclic esters (lactones) is 1. The van der Waals surface area contributed by atoms with Gasteiger partial charge in [0.25, 0.3) is 11.7 Å². The molecule has 0 spiro atoms. The molecule has 1 unspecified atom stereocenters. The van der Waals surface area contributed by atoms with Gasteiger partial charge in [0.15, 0.2) is 5.78 Å². The quantitative estimate of drug-likeness (QED) is 0.107. The highest BCUT2D eigenvalue weighted by Gasteiger charge is 2.53. The van der Waals surface area contributed by atoms with Gasteiger partial charge in [-0.15, -0.1) is 0 Å². The number of amides is 1. The van der Waals surface area contributed by atoms with Crippen LogP contribution < -0.4 is 0 Å². The lowest BCUT2D eigenvalue weighted by Crippen LogP contribution is -2.61. The Balaban J connectivity index is 1.41. The number of fused-ring (bicyclic) bond motifs is 3. The molecule has 4 aliphatic heterocycles. The summed E-state index contributed by atoms with van der Waals surface area (Å²) in [6.07, 6.45) is -1.03. The predicted octanol–water partition coefficient (Wildman–Crippen LogP) is 4.14. The second-order valence-corrected chi connectivity index (χ2v) is 22.7. The molecule has 21 heteroatoms. The van der Waals surface area contributed by atoms with Gasteiger partial charge >= 0.3 is 12.1 Å². The summed E-state index contributed by atoms with van der Waals surface area (Å²) >= 11 is 0. The Morgan fingerprint density at radius 3 is 2.20 bits per heavy atom. The lowest BCUT2D eigenvalue weighted by Gasteiger charge is -2.42. The fourth-order valence-corrected chi connectivity index (χ4v) is 11.6. The fourth-order valence-electron chi connectivity index (χ4n) is 11.6. The Morgan fingerprint density at radius 1 is 0.810 bits per heavy atom. The SMILES string of the molecule is CO[C@H]1C[C@@H]2CC[C@@H](C)[C@@](O)(O2)C(=O)C(=O)N2CCCCC2C(=O)O[C@H]([C@H](C)C[C@H]2CC[C@@H](OC(=O)O[C@@H]3O[C@H](CO)[C@@H](O)[C@H](O)[C@H]3O)[C@H](OC)C2)CC(=O)[C@H](C)/C=C(\C)[C@@H](O)[C@@H](OC)C(=O)[C@@H](C)C[C@H](C)/C=C/C=C/C=C/1C. The molecule has 21 nitrogen and oxygen atoms in total. The normalized spacial score (nSPS) is 41.1. The van der Waals surface area contributed by atoms with Crippen LogP contribution in [0.5, 0.6) is 0 Å². The van der Waals surface area contributed by atoms with Crippen LogP contribution in [0.2, 0.25) is 0 Å². The van der Waals surface area contributed by atoms with Crippen molar-refractivity contribution >= 4 is 35.4 Å². The highest BCUT2D eigenvalue weighted by atomic mass is 16.8. The minimum absolute atomic E-state index is 0.0156. The second-order valence-electron chi connectivity index (χ2n) is 22.7. The molecule has 1 aliphatic carbocycles. The van der Waals surface area contributed by atoms with Crippen molar-refractivity contribution in [1.29, 1.82) is 0 Å². The molecule has 5 aliphatic rings. The maximum Gasteiger partial charge on any atom is 0.511 e. The number of piperidine rings is 1. The zero-order valence-electron chi connectivity index (χ0n) is 47.7. The molecular weight excluding hydrogens is 1030 g/mol. The largest absolute Gasteiger partial charge is 0.511 e. The van der Waals surface area contributed by atoms with E-state index in [2.05, 4.69) is 0 Å². The first-order valence-corrected chi connectivity index (χ1v) is 28.1. The van der Waals surface area contributed by atoms with Gasteiger partial charge in [0.2, 0.25) is 12.1 Å². The Morgan fingerprint density at radius 2 is 1.53 bits per heavy atom. The summed E-state index contributed by atoms with van der Waals surface area (Å²) in [4.78, 5) is 85.6. The van der Waals surface area contributed by atoms with Gasteiger partial charge in [0.1, 0.15) is 60.7 Å². The number of carbonyl (C=O) groups excluding carboxylic acids is 6. The van der Waals surface area contributed by atoms with E-state index in [1.54, 1.807) is 40.9 Å². The number of aliphatic hydroxyl groups excluding tert-OH is 5.